The number of hydrogen-bond acceptors (Lipinski definition) is 5. The second-order valence-corrected chi connectivity index (χ2v) is 6.55. The van der Waals surface area contributed by atoms with Crippen LogP contribution < -0.4 is 4.74 Å². The minimum atomic E-state index is -0.603. The lowest BCUT2D eigenvalue weighted by Gasteiger charge is -2.24. The van der Waals surface area contributed by atoms with Crippen molar-refractivity contribution >= 4 is 12.2 Å². The van der Waals surface area contributed by atoms with E-state index < -0.39 is 17.8 Å². The van der Waals surface area contributed by atoms with Gasteiger partial charge in [0.2, 0.25) is 0 Å². The van der Waals surface area contributed by atoms with E-state index in [1.54, 1.807) is 30.5 Å². The zero-order valence-corrected chi connectivity index (χ0v) is 13.9. The molecule has 1 amide bonds. The molecule has 3 rings (SSSR count). The Morgan fingerprint density at radius 2 is 1.79 bits per heavy atom. The summed E-state index contributed by atoms with van der Waals surface area (Å²) in [6, 6.07) is 8.77. The van der Waals surface area contributed by atoms with E-state index in [0.29, 0.717) is 18.0 Å². The van der Waals surface area contributed by atoms with Gasteiger partial charge in [0, 0.05) is 5.56 Å². The highest BCUT2D eigenvalue weighted by molar-refractivity contribution is 5.74. The van der Waals surface area contributed by atoms with Gasteiger partial charge >= 0.3 is 12.2 Å². The maximum absolute atomic E-state index is 12.3. The van der Waals surface area contributed by atoms with Gasteiger partial charge in [-0.15, -0.1) is 0 Å². The van der Waals surface area contributed by atoms with Crippen molar-refractivity contribution < 1.29 is 19.1 Å². The number of nitrogens with zero attached hydrogens (tertiary/aromatic N) is 3. The lowest BCUT2D eigenvalue weighted by Crippen LogP contribution is -2.34. The summed E-state index contributed by atoms with van der Waals surface area (Å²) in [5.41, 5.74) is 0.886. The zero-order valence-electron chi connectivity index (χ0n) is 13.9. The van der Waals surface area contributed by atoms with Crippen molar-refractivity contribution in [3.63, 3.8) is 0 Å². The summed E-state index contributed by atoms with van der Waals surface area (Å²) >= 11 is 0. The number of fused-ring (bicyclic) bond motifs is 1. The molecule has 0 atom stereocenters. The highest BCUT2D eigenvalue weighted by Gasteiger charge is 2.32. The number of carbonyl (C=O) groups excluding carboxylic acids is 2. The third-order valence-corrected chi connectivity index (χ3v) is 3.43. The third kappa shape index (κ3) is 3.40. The van der Waals surface area contributed by atoms with Gasteiger partial charge in [-0.2, -0.15) is 9.78 Å². The van der Waals surface area contributed by atoms with Crippen molar-refractivity contribution in [3.8, 4) is 5.75 Å². The van der Waals surface area contributed by atoms with E-state index in [9.17, 15) is 9.59 Å². The van der Waals surface area contributed by atoms with Crippen molar-refractivity contribution in [2.45, 2.75) is 39.5 Å². The number of aromatic nitrogens is 2. The third-order valence-electron chi connectivity index (χ3n) is 3.43. The van der Waals surface area contributed by atoms with Crippen LogP contribution in [0.15, 0.2) is 36.5 Å². The summed E-state index contributed by atoms with van der Waals surface area (Å²) in [5.74, 6) is 0.439. The minimum Gasteiger partial charge on any atom is -0.444 e. The van der Waals surface area contributed by atoms with E-state index in [2.05, 4.69) is 5.10 Å². The number of benzene rings is 1. The molecular formula is C17H19N3O4. The van der Waals surface area contributed by atoms with Gasteiger partial charge in [-0.1, -0.05) is 18.2 Å². The Hall–Kier alpha value is -2.83. The molecule has 2 aromatic rings. The van der Waals surface area contributed by atoms with E-state index in [1.165, 1.54) is 9.58 Å². The van der Waals surface area contributed by atoms with Gasteiger partial charge in [0.15, 0.2) is 0 Å². The molecule has 0 spiro atoms. The van der Waals surface area contributed by atoms with Crippen LogP contribution in [0.5, 0.6) is 5.75 Å². The molecule has 1 aromatic carbocycles. The molecule has 126 valence electrons. The Balaban J connectivity index is 1.71. The van der Waals surface area contributed by atoms with Crippen LogP contribution in [0.25, 0.3) is 0 Å². The van der Waals surface area contributed by atoms with E-state index in [-0.39, 0.29) is 6.54 Å². The number of amides is 1. The van der Waals surface area contributed by atoms with Crippen LogP contribution in [-0.4, -0.2) is 32.5 Å². The molecule has 0 saturated heterocycles. The van der Waals surface area contributed by atoms with Gasteiger partial charge < -0.3 is 9.47 Å². The standard InChI is InChI=1S/C17H19N3O4/c1-17(2,3)24-15(21)19-10-12-9-18-20(14(12)11-19)16(22)23-13-7-5-4-6-8-13/h4-9H,10-11H2,1-3H3. The largest absolute Gasteiger partial charge is 0.444 e. The molecule has 0 N–H and O–H groups in total. The fourth-order valence-electron chi connectivity index (χ4n) is 2.40. The van der Waals surface area contributed by atoms with Gasteiger partial charge in [-0.3, -0.25) is 4.90 Å². The number of ether oxygens (including phenoxy) is 2. The molecule has 0 fully saturated rings. The topological polar surface area (TPSA) is 73.7 Å². The average molecular weight is 329 g/mol. The van der Waals surface area contributed by atoms with Gasteiger partial charge in [0.25, 0.3) is 0 Å². The molecule has 7 nitrogen and oxygen atoms in total. The molecule has 0 unspecified atom stereocenters. The number of hydrogen-bond donors (Lipinski definition) is 0. The van der Waals surface area contributed by atoms with Crippen LogP contribution in [0.3, 0.4) is 0 Å². The fraction of sp³-hybridized carbons (Fsp3) is 0.353. The van der Waals surface area contributed by atoms with Gasteiger partial charge in [0.1, 0.15) is 11.4 Å². The SMILES string of the molecule is CC(C)(C)OC(=O)N1Cc2cnn(C(=O)Oc3ccccc3)c2C1. The summed E-state index contributed by atoms with van der Waals surface area (Å²) in [6.07, 6.45) is 0.557. The van der Waals surface area contributed by atoms with Crippen molar-refractivity contribution in [1.29, 1.82) is 0 Å². The number of rotatable bonds is 1. The summed E-state index contributed by atoms with van der Waals surface area (Å²) in [4.78, 5) is 26.0. The quantitative estimate of drug-likeness (QED) is 0.803. The van der Waals surface area contributed by atoms with Crippen LogP contribution in [0.2, 0.25) is 0 Å². The Morgan fingerprint density at radius 3 is 2.46 bits per heavy atom. The molecule has 0 aliphatic carbocycles. The Kier molecular flexibility index (Phi) is 4.01. The Bertz CT molecular complexity index is 762. The predicted octanol–water partition coefficient (Wildman–Crippen LogP) is 3.18. The lowest BCUT2D eigenvalue weighted by atomic mass is 10.2. The fourth-order valence-corrected chi connectivity index (χ4v) is 2.40. The molecule has 1 aromatic heterocycles. The van der Waals surface area contributed by atoms with Gasteiger partial charge in [0.05, 0.1) is 25.0 Å². The molecule has 0 radical (unpaired) electrons. The summed E-state index contributed by atoms with van der Waals surface area (Å²) in [6.45, 7) is 6.06. The van der Waals surface area contributed by atoms with Crippen LogP contribution in [0.4, 0.5) is 9.59 Å². The van der Waals surface area contributed by atoms with E-state index >= 15 is 0 Å². The van der Waals surface area contributed by atoms with Crippen molar-refractivity contribution in [2.75, 3.05) is 0 Å². The predicted molar refractivity (Wildman–Crippen MR) is 85.6 cm³/mol. The molecule has 1 aliphatic heterocycles. The average Bonchev–Trinajstić information content (AvgIpc) is 3.06. The molecular weight excluding hydrogens is 310 g/mol. The van der Waals surface area contributed by atoms with Crippen molar-refractivity contribution in [2.24, 2.45) is 0 Å². The number of carbonyl (C=O) groups is 2. The van der Waals surface area contributed by atoms with Crippen molar-refractivity contribution in [3.05, 3.63) is 47.8 Å². The van der Waals surface area contributed by atoms with Crippen LogP contribution >= 0.6 is 0 Å². The van der Waals surface area contributed by atoms with Crippen LogP contribution in [-0.2, 0) is 17.8 Å². The zero-order chi connectivity index (χ0) is 17.3. The molecule has 7 heteroatoms. The summed E-state index contributed by atoms with van der Waals surface area (Å²) < 4.78 is 11.8. The minimum absolute atomic E-state index is 0.258. The monoisotopic (exact) mass is 329 g/mol. The van der Waals surface area contributed by atoms with Gasteiger partial charge in [-0.05, 0) is 32.9 Å². The molecule has 0 saturated carbocycles. The van der Waals surface area contributed by atoms with E-state index in [1.807, 2.05) is 26.8 Å². The molecule has 0 bridgehead atoms. The summed E-state index contributed by atoms with van der Waals surface area (Å²) in [5, 5.41) is 4.07. The lowest BCUT2D eigenvalue weighted by molar-refractivity contribution is 0.0238. The van der Waals surface area contributed by atoms with Crippen LogP contribution in [0, 0.1) is 0 Å². The Labute approximate surface area is 139 Å². The Morgan fingerprint density at radius 1 is 1.08 bits per heavy atom. The molecule has 24 heavy (non-hydrogen) atoms. The second-order valence-electron chi connectivity index (χ2n) is 6.55. The number of para-hydroxylation sites is 1. The maximum atomic E-state index is 12.3. The highest BCUT2D eigenvalue weighted by atomic mass is 16.6. The first-order valence-corrected chi connectivity index (χ1v) is 7.64. The van der Waals surface area contributed by atoms with E-state index in [4.69, 9.17) is 9.47 Å². The normalized spacial score (nSPS) is 13.5. The maximum Gasteiger partial charge on any atom is 0.440 e. The first-order valence-electron chi connectivity index (χ1n) is 7.64. The van der Waals surface area contributed by atoms with Crippen LogP contribution in [0.1, 0.15) is 32.0 Å². The van der Waals surface area contributed by atoms with Crippen molar-refractivity contribution in [1.82, 2.24) is 14.7 Å². The smallest absolute Gasteiger partial charge is 0.440 e. The summed E-state index contributed by atoms with van der Waals surface area (Å²) in [7, 11) is 0. The molecule has 2 heterocycles. The first-order chi connectivity index (χ1) is 11.3. The first kappa shape index (κ1) is 16.0. The van der Waals surface area contributed by atoms with E-state index in [0.717, 1.165) is 5.56 Å². The highest BCUT2D eigenvalue weighted by Crippen LogP contribution is 2.25. The van der Waals surface area contributed by atoms with Gasteiger partial charge in [-0.25, -0.2) is 9.59 Å². The second kappa shape index (κ2) is 5.99. The molecule has 1 aliphatic rings.